The molecule has 19 heteroatoms. The average molecular weight is 1930 g/mol. The Labute approximate surface area is 847 Å². The normalized spacial score (nSPS) is 24.4. The van der Waals surface area contributed by atoms with Crippen LogP contribution in [0.15, 0.2) is 237 Å². The molecule has 0 aliphatic heterocycles. The van der Waals surface area contributed by atoms with Crippen LogP contribution in [0.4, 0.5) is 4.39 Å². The Bertz CT molecular complexity index is 7090. The Morgan fingerprint density at radius 2 is 0.507 bits per heavy atom. The molecule has 3 unspecified atom stereocenters. The summed E-state index contributed by atoms with van der Waals surface area (Å²) < 4.78 is 14.8. The van der Waals surface area contributed by atoms with Crippen LogP contribution in [0.2, 0.25) is 0 Å². The van der Waals surface area contributed by atoms with Crippen molar-refractivity contribution in [2.75, 3.05) is 0 Å². The van der Waals surface area contributed by atoms with E-state index in [4.69, 9.17) is 0 Å². The van der Waals surface area contributed by atoms with Crippen LogP contribution in [-0.2, 0) is 89.0 Å². The molecule has 144 heavy (non-hydrogen) atoms. The molecule has 744 valence electrons. The number of benzene rings is 6. The summed E-state index contributed by atoms with van der Waals surface area (Å²) in [6.45, 7) is 49.2. The zero-order valence-electron chi connectivity index (χ0n) is 88.6. The summed E-state index contributed by atoms with van der Waals surface area (Å²) in [5, 5.41) is 46.1. The summed E-state index contributed by atoms with van der Waals surface area (Å²) in [6, 6.07) is 56.9. The molecule has 6 aromatic carbocycles. The summed E-state index contributed by atoms with van der Waals surface area (Å²) in [7, 11) is 0. The maximum atomic E-state index is 14.8. The molecule has 0 saturated heterocycles. The van der Waals surface area contributed by atoms with Crippen LogP contribution in [0.1, 0.15) is 340 Å². The minimum Gasteiger partial charge on any atom is -0.294 e. The van der Waals surface area contributed by atoms with Gasteiger partial charge in [0.25, 0.3) is 0 Å². The Morgan fingerprint density at radius 3 is 0.840 bits per heavy atom. The standard InChI is InChI=1S/C21H23FN2O.4C21H24N2O.C20H22N2O/c1-12-18-16(24-23-12)9-13-10-20(2,3)11-17(25)19(13)21(18,4)14-7-5-6-8-15(14)22;1-12-7-5-6-8-15(12)20-18-13(2)22-23-16(18)9-14-10-21(3,4)11-17(24)19(14)20;3*1-13-18-16(23-22-13)10-14-11-20(2,3)12-17(24)19(14)21(18,4)15-8-6-5-7-9-15;1-12-17-15(22-21-12)9-14-10-20(2,3)11-16(23)18(14)19(17)13-7-5-4-6-8-13/h5-8H,9-11H2,1-4H3,(H,23,24);5-8,20H,9-11H2,1-4H3,(H,22,23);3*5-9H,10-12H2,1-4H3,(H,22,23);4-8,19H,9-11H2,1-3H3,(H,21,22)/t;20-;2*21-;;/m.010../s1. The number of fused-ring (bicyclic) bond motifs is 6. The van der Waals surface area contributed by atoms with Crippen LogP contribution < -0.4 is 0 Å². The van der Waals surface area contributed by atoms with Crippen LogP contribution >= 0.6 is 0 Å². The van der Waals surface area contributed by atoms with Crippen LogP contribution in [0.25, 0.3) is 0 Å². The lowest BCUT2D eigenvalue weighted by atomic mass is 9.58. The first kappa shape index (κ1) is 99.7. The van der Waals surface area contributed by atoms with Gasteiger partial charge in [-0.3, -0.25) is 59.4 Å². The Morgan fingerprint density at radius 1 is 0.257 bits per heavy atom. The highest BCUT2D eigenvalue weighted by Crippen LogP contribution is 2.60. The maximum absolute atomic E-state index is 14.8. The van der Waals surface area contributed by atoms with Crippen molar-refractivity contribution in [1.82, 2.24) is 61.2 Å². The number of halogens is 1. The van der Waals surface area contributed by atoms with Crippen molar-refractivity contribution in [2.45, 2.75) is 308 Å². The summed E-state index contributed by atoms with van der Waals surface area (Å²) >= 11 is 0. The van der Waals surface area contributed by atoms with E-state index in [1.165, 1.54) is 95.1 Å². The third-order valence-electron chi connectivity index (χ3n) is 33.7. The lowest BCUT2D eigenvalue weighted by molar-refractivity contribution is -0.119. The van der Waals surface area contributed by atoms with Crippen molar-refractivity contribution in [3.8, 4) is 0 Å². The Hall–Kier alpha value is -13.0. The van der Waals surface area contributed by atoms with Gasteiger partial charge in [-0.15, -0.1) is 0 Å². The van der Waals surface area contributed by atoms with Gasteiger partial charge in [0.15, 0.2) is 34.7 Å². The first-order chi connectivity index (χ1) is 68.1. The fourth-order valence-electron chi connectivity index (χ4n) is 28.5. The molecule has 6 N–H and O–H groups in total. The molecule has 6 heterocycles. The SMILES string of the molecule is Cc1[nH]nc2c1C(C)(c1ccccc1)C1=C(C2)CC(C)(C)CC1=O.Cc1[nH]nc2c1C(C)(c1ccccc1F)C1=C(C2)CC(C)(C)CC1=O.Cc1[nH]nc2c1C(c1ccccc1)C1=C(C2)CC(C)(C)CC1=O.Cc1[nH]nc2c1[C@@](C)(c1ccccc1)C1=C(C2)CC(C)(C)CC1=O.Cc1[nH]nc2c1[C@](C)(c1ccccc1)C1=C(C2)CC(C)(C)CC1=O.Cc1ccccc1[C@@H]1C2=C(Cc3n[nH]c(C)c31)CC(C)(C)CC2=O. The lowest BCUT2D eigenvalue weighted by Crippen LogP contribution is -2.41. The second kappa shape index (κ2) is 36.6. The van der Waals surface area contributed by atoms with E-state index in [1.807, 2.05) is 44.2 Å². The van der Waals surface area contributed by atoms with Gasteiger partial charge in [-0.25, -0.2) is 4.39 Å². The average Bonchev–Trinajstić information content (AvgIpc) is 1.41. The molecule has 0 radical (unpaired) electrons. The highest BCUT2D eigenvalue weighted by molar-refractivity contribution is 6.06. The van der Waals surface area contributed by atoms with Gasteiger partial charge in [0.05, 0.1) is 39.6 Å². The quantitative estimate of drug-likeness (QED) is 0.0907. The smallest absolute Gasteiger partial charge is 0.160 e. The summed E-state index contributed by atoms with van der Waals surface area (Å²) in [5.41, 5.74) is 39.1. The molecule has 12 aliphatic rings. The van der Waals surface area contributed by atoms with Gasteiger partial charge in [0.2, 0.25) is 0 Å². The fraction of sp³-hybridized carbons (Fsp3) is 0.424. The predicted octanol–water partition coefficient (Wildman–Crippen LogP) is 25.7. The van der Waals surface area contributed by atoms with Crippen molar-refractivity contribution < 1.29 is 33.2 Å². The van der Waals surface area contributed by atoms with Crippen molar-refractivity contribution in [3.63, 3.8) is 0 Å². The minimum absolute atomic E-state index is 0.0345. The molecule has 0 saturated carbocycles. The number of H-pyrrole nitrogens is 6. The lowest BCUT2D eigenvalue weighted by Gasteiger charge is -2.43. The van der Waals surface area contributed by atoms with Gasteiger partial charge in [-0.2, -0.15) is 30.6 Å². The molecule has 0 amide bonds. The topological polar surface area (TPSA) is 274 Å². The van der Waals surface area contributed by atoms with Gasteiger partial charge in [0, 0.05) is 212 Å². The van der Waals surface area contributed by atoms with E-state index in [9.17, 15) is 33.2 Å². The highest BCUT2D eigenvalue weighted by atomic mass is 19.1. The first-order valence-corrected chi connectivity index (χ1v) is 51.9. The Balaban J connectivity index is 0.000000109. The van der Waals surface area contributed by atoms with Crippen molar-refractivity contribution >= 4 is 34.7 Å². The summed E-state index contributed by atoms with van der Waals surface area (Å²) in [6.07, 6.45) is 14.1. The number of nitrogens with zero attached hydrogens (tertiary/aromatic N) is 6. The van der Waals surface area contributed by atoms with Crippen LogP contribution in [0, 0.1) is 86.8 Å². The second-order valence-electron chi connectivity index (χ2n) is 49.0. The molecule has 6 atom stereocenters. The van der Waals surface area contributed by atoms with Gasteiger partial charge in [0.1, 0.15) is 5.82 Å². The maximum Gasteiger partial charge on any atom is 0.160 e. The molecule has 18 nitrogen and oxygen atoms in total. The van der Waals surface area contributed by atoms with E-state index in [0.717, 1.165) is 184 Å². The third kappa shape index (κ3) is 17.5. The van der Waals surface area contributed by atoms with Crippen LogP contribution in [0.3, 0.4) is 0 Å². The largest absolute Gasteiger partial charge is 0.294 e. The first-order valence-electron chi connectivity index (χ1n) is 51.9. The molecule has 12 aromatic rings. The zero-order chi connectivity index (χ0) is 103. The number of aryl methyl sites for hydroxylation is 7. The van der Waals surface area contributed by atoms with Crippen LogP contribution in [-0.4, -0.2) is 95.9 Å². The molecule has 12 aliphatic carbocycles. The number of rotatable bonds is 6. The highest BCUT2D eigenvalue weighted by Gasteiger charge is 2.56. The minimum atomic E-state index is -0.793. The van der Waals surface area contributed by atoms with Gasteiger partial charge < -0.3 is 0 Å². The zero-order valence-corrected chi connectivity index (χ0v) is 88.6. The Kier molecular flexibility index (Phi) is 25.4. The number of allylic oxidation sites excluding steroid dienone is 12. The number of carbonyl (C=O) groups excluding carboxylic acids is 6. The fourth-order valence-corrected chi connectivity index (χ4v) is 28.5. The van der Waals surface area contributed by atoms with E-state index < -0.39 is 21.7 Å². The molecule has 24 rings (SSSR count). The van der Waals surface area contributed by atoms with E-state index in [0.29, 0.717) is 79.4 Å². The molecule has 0 bridgehead atoms. The number of aromatic nitrogens is 12. The third-order valence-corrected chi connectivity index (χ3v) is 33.7. The van der Waals surface area contributed by atoms with E-state index in [2.05, 4.69) is 328 Å². The second-order valence-corrected chi connectivity index (χ2v) is 49.0. The van der Waals surface area contributed by atoms with E-state index >= 15 is 0 Å². The monoisotopic (exact) mass is 1930 g/mol. The van der Waals surface area contributed by atoms with E-state index in [1.54, 1.807) is 12.1 Å². The summed E-state index contributed by atoms with van der Waals surface area (Å²) in [4.78, 5) is 78.8. The van der Waals surface area contributed by atoms with Crippen LogP contribution in [0.5, 0.6) is 0 Å². The van der Waals surface area contributed by atoms with Crippen molar-refractivity contribution in [1.29, 1.82) is 0 Å². The molecule has 0 fully saturated rings. The number of Topliss-reactive ketones (excluding diaryl/α,β-unsaturated/α-hetero) is 6. The van der Waals surface area contributed by atoms with Gasteiger partial charge in [-0.05, 0) is 187 Å². The number of aromatic amines is 6. The summed E-state index contributed by atoms with van der Waals surface area (Å²) in [5.74, 6) is 1.49. The number of hydrogen-bond donors (Lipinski definition) is 6. The number of nitrogens with one attached hydrogen (secondary N) is 6. The number of hydrogen-bond acceptors (Lipinski definition) is 12. The molecule has 0 spiro atoms. The molecule has 6 aromatic heterocycles. The number of carbonyl (C=O) groups is 6. The van der Waals surface area contributed by atoms with Crippen molar-refractivity contribution in [2.24, 2.45) is 32.5 Å². The molecular formula is C125H141FN12O6. The number of ketones is 6. The van der Waals surface area contributed by atoms with E-state index in [-0.39, 0.29) is 55.9 Å². The molecular weight excluding hydrogens is 1780 g/mol. The van der Waals surface area contributed by atoms with Gasteiger partial charge >= 0.3 is 0 Å². The predicted molar refractivity (Wildman–Crippen MR) is 565 cm³/mol. The van der Waals surface area contributed by atoms with Crippen molar-refractivity contribution in [3.05, 3.63) is 383 Å². The van der Waals surface area contributed by atoms with Gasteiger partial charge in [-0.1, -0.05) is 280 Å².